The van der Waals surface area contributed by atoms with Crippen molar-refractivity contribution in [3.05, 3.63) is 28.2 Å². The van der Waals surface area contributed by atoms with Gasteiger partial charge in [-0.25, -0.2) is 0 Å². The van der Waals surface area contributed by atoms with Gasteiger partial charge in [0.25, 0.3) is 0 Å². The van der Waals surface area contributed by atoms with Crippen LogP contribution in [0.15, 0.2) is 22.7 Å². The number of nitrogens with zero attached hydrogens (tertiary/aromatic N) is 1. The van der Waals surface area contributed by atoms with Crippen LogP contribution >= 0.6 is 15.9 Å². The van der Waals surface area contributed by atoms with Crippen molar-refractivity contribution in [1.29, 1.82) is 0 Å². The number of morpholine rings is 1. The Balaban J connectivity index is 2.01. The largest absolute Gasteiger partial charge is 0.490 e. The Hall–Kier alpha value is -0.910. The second-order valence-electron chi connectivity index (χ2n) is 4.76. The molecule has 2 rings (SSSR count). The number of carbonyl (C=O) groups is 1. The molecule has 19 heavy (non-hydrogen) atoms. The first-order valence-corrected chi connectivity index (χ1v) is 7.09. The molecule has 1 unspecified atom stereocenters. The Morgan fingerprint density at radius 3 is 3.05 bits per heavy atom. The highest BCUT2D eigenvalue weighted by molar-refractivity contribution is 9.10. The molecule has 1 aliphatic rings. The summed E-state index contributed by atoms with van der Waals surface area (Å²) >= 11 is 3.36. The Kier molecular flexibility index (Phi) is 4.96. The van der Waals surface area contributed by atoms with E-state index in [4.69, 9.17) is 9.47 Å². The summed E-state index contributed by atoms with van der Waals surface area (Å²) in [5, 5.41) is 0. The van der Waals surface area contributed by atoms with E-state index in [-0.39, 0.29) is 11.9 Å². The van der Waals surface area contributed by atoms with E-state index in [0.717, 1.165) is 24.2 Å². The molecule has 0 radical (unpaired) electrons. The number of likely N-dealkylation sites (N-methyl/N-ethyl adjacent to an activating group) is 1. The quantitative estimate of drug-likeness (QED) is 0.796. The summed E-state index contributed by atoms with van der Waals surface area (Å²) < 4.78 is 12.3. The van der Waals surface area contributed by atoms with Crippen molar-refractivity contribution in [2.45, 2.75) is 13.0 Å². The summed E-state index contributed by atoms with van der Waals surface area (Å²) in [4.78, 5) is 13.8. The fraction of sp³-hybridized carbons (Fsp3) is 0.500. The van der Waals surface area contributed by atoms with Crippen molar-refractivity contribution in [3.8, 4) is 5.75 Å². The molecule has 1 atom stereocenters. The van der Waals surface area contributed by atoms with Crippen molar-refractivity contribution in [3.63, 3.8) is 0 Å². The van der Waals surface area contributed by atoms with Gasteiger partial charge in [0.2, 0.25) is 0 Å². The minimum atomic E-state index is -0.00187. The number of halogens is 1. The zero-order chi connectivity index (χ0) is 13.8. The molecule has 0 aromatic heterocycles. The van der Waals surface area contributed by atoms with Gasteiger partial charge >= 0.3 is 0 Å². The van der Waals surface area contributed by atoms with Crippen LogP contribution in [0.2, 0.25) is 0 Å². The highest BCUT2D eigenvalue weighted by atomic mass is 79.9. The Labute approximate surface area is 121 Å². The first-order valence-electron chi connectivity index (χ1n) is 6.29. The zero-order valence-corrected chi connectivity index (χ0v) is 12.8. The number of benzene rings is 1. The number of Topliss-reactive ketones (excluding diaryl/α,β-unsaturated/α-hetero) is 1. The first-order chi connectivity index (χ1) is 9.06. The normalized spacial score (nSPS) is 20.3. The molecule has 0 aliphatic carbocycles. The van der Waals surface area contributed by atoms with E-state index in [1.54, 1.807) is 13.0 Å². The molecule has 0 saturated carbocycles. The van der Waals surface area contributed by atoms with Crippen molar-refractivity contribution >= 4 is 21.7 Å². The predicted octanol–water partition coefficient (Wildman–Crippen LogP) is 2.36. The van der Waals surface area contributed by atoms with Gasteiger partial charge in [-0.05, 0) is 32.2 Å². The predicted molar refractivity (Wildman–Crippen MR) is 76.9 cm³/mol. The van der Waals surface area contributed by atoms with E-state index in [1.807, 2.05) is 12.1 Å². The van der Waals surface area contributed by atoms with Crippen LogP contribution in [0, 0.1) is 0 Å². The molecule has 0 spiro atoms. The average Bonchev–Trinajstić information content (AvgIpc) is 2.37. The summed E-state index contributed by atoms with van der Waals surface area (Å²) in [6.45, 7) is 4.54. The van der Waals surface area contributed by atoms with Gasteiger partial charge in [-0.2, -0.15) is 0 Å². The van der Waals surface area contributed by atoms with E-state index in [1.165, 1.54) is 0 Å². The van der Waals surface area contributed by atoms with E-state index >= 15 is 0 Å². The van der Waals surface area contributed by atoms with Crippen LogP contribution in [0.5, 0.6) is 5.75 Å². The van der Waals surface area contributed by atoms with Crippen LogP contribution in [0.4, 0.5) is 0 Å². The van der Waals surface area contributed by atoms with E-state index in [9.17, 15) is 4.79 Å². The molecule has 1 aromatic carbocycles. The second-order valence-corrected chi connectivity index (χ2v) is 5.68. The maximum Gasteiger partial charge on any atom is 0.163 e. The topological polar surface area (TPSA) is 38.8 Å². The van der Waals surface area contributed by atoms with Crippen LogP contribution in [0.3, 0.4) is 0 Å². The number of hydrogen-bond donors (Lipinski definition) is 0. The highest BCUT2D eigenvalue weighted by Crippen LogP contribution is 2.24. The Bertz CT molecular complexity index is 464. The SMILES string of the molecule is CC(=O)c1cc(Br)ccc1OCC1CN(C)CCO1. The Morgan fingerprint density at radius 1 is 1.58 bits per heavy atom. The molecule has 1 heterocycles. The van der Waals surface area contributed by atoms with Crippen LogP contribution in [-0.4, -0.2) is 50.1 Å². The summed E-state index contributed by atoms with van der Waals surface area (Å²) in [6, 6.07) is 5.47. The van der Waals surface area contributed by atoms with Gasteiger partial charge in [0.15, 0.2) is 5.78 Å². The number of ether oxygens (including phenoxy) is 2. The molecular formula is C14H18BrNO3. The van der Waals surface area contributed by atoms with Crippen molar-refractivity contribution in [2.75, 3.05) is 33.4 Å². The summed E-state index contributed by atoms with van der Waals surface area (Å²) in [5.41, 5.74) is 0.596. The average molecular weight is 328 g/mol. The van der Waals surface area contributed by atoms with Gasteiger partial charge in [0.1, 0.15) is 18.5 Å². The lowest BCUT2D eigenvalue weighted by Crippen LogP contribution is -2.42. The number of ketones is 1. The minimum Gasteiger partial charge on any atom is -0.490 e. The molecule has 0 bridgehead atoms. The fourth-order valence-electron chi connectivity index (χ4n) is 2.05. The van der Waals surface area contributed by atoms with Gasteiger partial charge in [-0.3, -0.25) is 4.79 Å². The molecule has 5 heteroatoms. The van der Waals surface area contributed by atoms with Crippen LogP contribution < -0.4 is 4.74 Å². The molecule has 4 nitrogen and oxygen atoms in total. The van der Waals surface area contributed by atoms with Crippen LogP contribution in [0.1, 0.15) is 17.3 Å². The van der Waals surface area contributed by atoms with Gasteiger partial charge in [-0.1, -0.05) is 15.9 Å². The lowest BCUT2D eigenvalue weighted by molar-refractivity contribution is -0.0404. The van der Waals surface area contributed by atoms with Crippen LogP contribution in [0.25, 0.3) is 0 Å². The Morgan fingerprint density at radius 2 is 2.37 bits per heavy atom. The summed E-state index contributed by atoms with van der Waals surface area (Å²) in [7, 11) is 2.07. The molecule has 1 aromatic rings. The number of carbonyl (C=O) groups excluding carboxylic acids is 1. The monoisotopic (exact) mass is 327 g/mol. The smallest absolute Gasteiger partial charge is 0.163 e. The standard InChI is InChI=1S/C14H18BrNO3/c1-10(17)13-7-11(15)3-4-14(13)19-9-12-8-16(2)5-6-18-12/h3-4,7,12H,5-6,8-9H2,1-2H3. The van der Waals surface area contributed by atoms with Gasteiger partial charge in [0, 0.05) is 17.6 Å². The summed E-state index contributed by atoms with van der Waals surface area (Å²) in [6.07, 6.45) is 0.0576. The molecule has 0 amide bonds. The van der Waals surface area contributed by atoms with E-state index in [0.29, 0.717) is 17.9 Å². The maximum absolute atomic E-state index is 11.6. The van der Waals surface area contributed by atoms with Crippen molar-refractivity contribution < 1.29 is 14.3 Å². The van der Waals surface area contributed by atoms with Gasteiger partial charge < -0.3 is 14.4 Å². The summed E-state index contributed by atoms with van der Waals surface area (Å²) in [5.74, 6) is 0.616. The third-order valence-electron chi connectivity index (χ3n) is 3.09. The third kappa shape index (κ3) is 4.03. The lowest BCUT2D eigenvalue weighted by atomic mass is 10.1. The molecule has 1 saturated heterocycles. The molecular weight excluding hydrogens is 310 g/mol. The minimum absolute atomic E-state index is 0.00187. The van der Waals surface area contributed by atoms with Crippen molar-refractivity contribution in [1.82, 2.24) is 4.90 Å². The highest BCUT2D eigenvalue weighted by Gasteiger charge is 2.19. The molecule has 104 valence electrons. The molecule has 0 N–H and O–H groups in total. The lowest BCUT2D eigenvalue weighted by Gasteiger charge is -2.30. The van der Waals surface area contributed by atoms with Gasteiger partial charge in [0.05, 0.1) is 12.2 Å². The molecule has 1 aliphatic heterocycles. The maximum atomic E-state index is 11.6. The fourth-order valence-corrected chi connectivity index (χ4v) is 2.41. The zero-order valence-electron chi connectivity index (χ0n) is 11.2. The first kappa shape index (κ1) is 14.5. The number of hydrogen-bond acceptors (Lipinski definition) is 4. The van der Waals surface area contributed by atoms with Crippen LogP contribution in [-0.2, 0) is 4.74 Å². The van der Waals surface area contributed by atoms with E-state index in [2.05, 4.69) is 27.9 Å². The number of rotatable bonds is 4. The third-order valence-corrected chi connectivity index (χ3v) is 3.58. The second kappa shape index (κ2) is 6.50. The van der Waals surface area contributed by atoms with Crippen molar-refractivity contribution in [2.24, 2.45) is 0 Å². The van der Waals surface area contributed by atoms with E-state index < -0.39 is 0 Å². The molecule has 1 fully saturated rings. The van der Waals surface area contributed by atoms with Gasteiger partial charge in [-0.15, -0.1) is 0 Å².